The third-order valence-corrected chi connectivity index (χ3v) is 3.75. The molecule has 6 heteroatoms. The number of ether oxygens (including phenoxy) is 2. The van der Waals surface area contributed by atoms with E-state index in [1.54, 1.807) is 11.0 Å². The first-order chi connectivity index (χ1) is 10.1. The fraction of sp³-hybridized carbons (Fsp3) is 0.467. The molecule has 0 atom stereocenters. The number of likely N-dealkylation sites (tertiary alicyclic amines) is 1. The molecule has 6 nitrogen and oxygen atoms in total. The lowest BCUT2D eigenvalue weighted by molar-refractivity contribution is -0.146. The third kappa shape index (κ3) is 3.26. The SMILES string of the molecule is COC(=O)C1CCN(C(=O)c2cc(OC)ccc2O)CC1. The molecule has 0 aliphatic carbocycles. The molecule has 1 aliphatic rings. The highest BCUT2D eigenvalue weighted by Gasteiger charge is 2.29. The summed E-state index contributed by atoms with van der Waals surface area (Å²) in [5.74, 6) is -0.199. The maximum atomic E-state index is 12.4. The van der Waals surface area contributed by atoms with Crippen LogP contribution in [0.25, 0.3) is 0 Å². The van der Waals surface area contributed by atoms with E-state index in [9.17, 15) is 14.7 Å². The molecule has 1 aliphatic heterocycles. The lowest BCUT2D eigenvalue weighted by Crippen LogP contribution is -2.40. The molecule has 1 N–H and O–H groups in total. The summed E-state index contributed by atoms with van der Waals surface area (Å²) in [4.78, 5) is 25.5. The average molecular weight is 293 g/mol. The summed E-state index contributed by atoms with van der Waals surface area (Å²) >= 11 is 0. The predicted molar refractivity (Wildman–Crippen MR) is 75.3 cm³/mol. The molecule has 0 bridgehead atoms. The minimum Gasteiger partial charge on any atom is -0.507 e. The zero-order valence-electron chi connectivity index (χ0n) is 12.2. The predicted octanol–water partition coefficient (Wildman–Crippen LogP) is 1.43. The van der Waals surface area contributed by atoms with Crippen LogP contribution in [0.3, 0.4) is 0 Å². The molecule has 1 amide bonds. The van der Waals surface area contributed by atoms with Crippen molar-refractivity contribution in [2.45, 2.75) is 12.8 Å². The number of carbonyl (C=O) groups is 2. The number of methoxy groups -OCH3 is 2. The van der Waals surface area contributed by atoms with Gasteiger partial charge in [0.25, 0.3) is 5.91 Å². The first-order valence-corrected chi connectivity index (χ1v) is 6.81. The minimum atomic E-state index is -0.255. The molecule has 0 unspecified atom stereocenters. The Morgan fingerprint density at radius 1 is 1.24 bits per heavy atom. The normalized spacial score (nSPS) is 15.6. The van der Waals surface area contributed by atoms with Crippen molar-refractivity contribution >= 4 is 11.9 Å². The van der Waals surface area contributed by atoms with E-state index >= 15 is 0 Å². The monoisotopic (exact) mass is 293 g/mol. The van der Waals surface area contributed by atoms with Gasteiger partial charge >= 0.3 is 5.97 Å². The van der Waals surface area contributed by atoms with Crippen LogP contribution < -0.4 is 4.74 Å². The zero-order chi connectivity index (χ0) is 15.4. The summed E-state index contributed by atoms with van der Waals surface area (Å²) in [6.45, 7) is 0.935. The Kier molecular flexibility index (Phi) is 4.67. The summed E-state index contributed by atoms with van der Waals surface area (Å²) in [6, 6.07) is 4.55. The largest absolute Gasteiger partial charge is 0.507 e. The average Bonchev–Trinajstić information content (AvgIpc) is 2.54. The van der Waals surface area contributed by atoms with Gasteiger partial charge in [-0.2, -0.15) is 0 Å². The van der Waals surface area contributed by atoms with Crippen molar-refractivity contribution in [2.75, 3.05) is 27.3 Å². The van der Waals surface area contributed by atoms with Crippen LogP contribution in [0.15, 0.2) is 18.2 Å². The fourth-order valence-electron chi connectivity index (χ4n) is 2.47. The number of hydrogen-bond acceptors (Lipinski definition) is 5. The number of aromatic hydroxyl groups is 1. The number of nitrogens with zero attached hydrogens (tertiary/aromatic N) is 1. The van der Waals surface area contributed by atoms with Crippen LogP contribution >= 0.6 is 0 Å². The van der Waals surface area contributed by atoms with E-state index in [4.69, 9.17) is 9.47 Å². The van der Waals surface area contributed by atoms with Crippen LogP contribution in [0.2, 0.25) is 0 Å². The molecule has 1 saturated heterocycles. The van der Waals surface area contributed by atoms with Crippen LogP contribution in [0, 0.1) is 5.92 Å². The highest BCUT2D eigenvalue weighted by atomic mass is 16.5. The Labute approximate surface area is 123 Å². The number of benzene rings is 1. The number of carbonyl (C=O) groups excluding carboxylic acids is 2. The molecular weight excluding hydrogens is 274 g/mol. The van der Waals surface area contributed by atoms with Crippen molar-refractivity contribution in [1.82, 2.24) is 4.90 Å². The minimum absolute atomic E-state index is 0.0732. The summed E-state index contributed by atoms with van der Waals surface area (Å²) in [7, 11) is 2.87. The van der Waals surface area contributed by atoms with Crippen molar-refractivity contribution in [3.05, 3.63) is 23.8 Å². The van der Waals surface area contributed by atoms with Crippen LogP contribution in [0.1, 0.15) is 23.2 Å². The molecule has 0 saturated carbocycles. The van der Waals surface area contributed by atoms with Crippen LogP contribution in [-0.4, -0.2) is 49.2 Å². The maximum Gasteiger partial charge on any atom is 0.308 e. The van der Waals surface area contributed by atoms with E-state index in [0.717, 1.165) is 0 Å². The van der Waals surface area contributed by atoms with Gasteiger partial charge in [-0.3, -0.25) is 9.59 Å². The van der Waals surface area contributed by atoms with E-state index < -0.39 is 0 Å². The quantitative estimate of drug-likeness (QED) is 0.853. The van der Waals surface area contributed by atoms with Crippen LogP contribution in [0.4, 0.5) is 0 Å². The first-order valence-electron chi connectivity index (χ1n) is 6.81. The molecule has 1 aromatic carbocycles. The Balaban J connectivity index is 2.07. The van der Waals surface area contributed by atoms with Crippen molar-refractivity contribution in [2.24, 2.45) is 5.92 Å². The molecule has 1 heterocycles. The molecule has 0 aromatic heterocycles. The second-order valence-electron chi connectivity index (χ2n) is 4.97. The molecule has 1 fully saturated rings. The maximum absolute atomic E-state index is 12.4. The number of phenols is 1. The summed E-state index contributed by atoms with van der Waals surface area (Å²) in [5.41, 5.74) is 0.214. The van der Waals surface area contributed by atoms with E-state index in [-0.39, 0.29) is 29.1 Å². The smallest absolute Gasteiger partial charge is 0.308 e. The standard InChI is InChI=1S/C15H19NO5/c1-20-11-3-4-13(17)12(9-11)14(18)16-7-5-10(6-8-16)15(19)21-2/h3-4,9-10,17H,5-8H2,1-2H3. The van der Waals surface area contributed by atoms with Gasteiger partial charge in [0.05, 0.1) is 25.7 Å². The Hall–Kier alpha value is -2.24. The number of rotatable bonds is 3. The van der Waals surface area contributed by atoms with Crippen molar-refractivity contribution in [1.29, 1.82) is 0 Å². The van der Waals surface area contributed by atoms with Gasteiger partial charge < -0.3 is 19.5 Å². The van der Waals surface area contributed by atoms with Crippen LogP contribution in [0.5, 0.6) is 11.5 Å². The topological polar surface area (TPSA) is 76.1 Å². The van der Waals surface area contributed by atoms with Crippen molar-refractivity contribution in [3.63, 3.8) is 0 Å². The summed E-state index contributed by atoms with van der Waals surface area (Å²) in [6.07, 6.45) is 1.15. The van der Waals surface area contributed by atoms with Gasteiger partial charge in [-0.25, -0.2) is 0 Å². The Morgan fingerprint density at radius 2 is 1.90 bits per heavy atom. The van der Waals surface area contributed by atoms with Gasteiger partial charge in [-0.05, 0) is 31.0 Å². The van der Waals surface area contributed by atoms with Crippen LogP contribution in [-0.2, 0) is 9.53 Å². The molecular formula is C15H19NO5. The van der Waals surface area contributed by atoms with E-state index in [2.05, 4.69) is 0 Å². The number of esters is 1. The second-order valence-corrected chi connectivity index (χ2v) is 4.97. The van der Waals surface area contributed by atoms with Crippen molar-refractivity contribution in [3.8, 4) is 11.5 Å². The van der Waals surface area contributed by atoms with Gasteiger partial charge in [-0.1, -0.05) is 0 Å². The summed E-state index contributed by atoms with van der Waals surface area (Å²) < 4.78 is 9.79. The highest BCUT2D eigenvalue weighted by molar-refractivity contribution is 5.97. The van der Waals surface area contributed by atoms with Gasteiger partial charge in [0.1, 0.15) is 11.5 Å². The Morgan fingerprint density at radius 3 is 2.48 bits per heavy atom. The van der Waals surface area contributed by atoms with E-state index in [1.165, 1.54) is 26.4 Å². The Bertz CT molecular complexity index is 535. The van der Waals surface area contributed by atoms with Gasteiger partial charge in [0.15, 0.2) is 0 Å². The summed E-state index contributed by atoms with van der Waals surface area (Å²) in [5, 5.41) is 9.83. The lowest BCUT2D eigenvalue weighted by atomic mass is 9.96. The number of hydrogen-bond donors (Lipinski definition) is 1. The second kappa shape index (κ2) is 6.47. The van der Waals surface area contributed by atoms with Gasteiger partial charge in [-0.15, -0.1) is 0 Å². The van der Waals surface area contributed by atoms with E-state index in [1.807, 2.05) is 0 Å². The van der Waals surface area contributed by atoms with Gasteiger partial charge in [0.2, 0.25) is 0 Å². The van der Waals surface area contributed by atoms with Gasteiger partial charge in [0, 0.05) is 13.1 Å². The number of phenolic OH excluding ortho intramolecular Hbond substituents is 1. The molecule has 114 valence electrons. The fourth-order valence-corrected chi connectivity index (χ4v) is 2.47. The molecule has 0 radical (unpaired) electrons. The molecule has 2 rings (SSSR count). The molecule has 21 heavy (non-hydrogen) atoms. The molecule has 0 spiro atoms. The highest BCUT2D eigenvalue weighted by Crippen LogP contribution is 2.26. The van der Waals surface area contributed by atoms with E-state index in [0.29, 0.717) is 31.7 Å². The van der Waals surface area contributed by atoms with Crippen molar-refractivity contribution < 1.29 is 24.2 Å². The third-order valence-electron chi connectivity index (χ3n) is 3.75. The lowest BCUT2D eigenvalue weighted by Gasteiger charge is -2.30. The first kappa shape index (κ1) is 15.2. The molecule has 1 aromatic rings. The number of piperidine rings is 1. The number of amides is 1. The zero-order valence-corrected chi connectivity index (χ0v) is 12.2.